The third-order valence-corrected chi connectivity index (χ3v) is 3.28. The molecule has 0 aromatic carbocycles. The van der Waals surface area contributed by atoms with E-state index in [0.29, 0.717) is 13.1 Å². The Labute approximate surface area is 102 Å². The highest BCUT2D eigenvalue weighted by molar-refractivity contribution is 5.76. The predicted molar refractivity (Wildman–Crippen MR) is 63.9 cm³/mol. The summed E-state index contributed by atoms with van der Waals surface area (Å²) in [6.45, 7) is 6.41. The Balaban J connectivity index is 2.41. The molecule has 0 aromatic rings. The molecule has 1 fully saturated rings. The summed E-state index contributed by atoms with van der Waals surface area (Å²) >= 11 is 0. The molecule has 2 N–H and O–H groups in total. The molecule has 6 heteroatoms. The molecular formula is C11H21N3O3. The Kier molecular flexibility index (Phi) is 4.74. The van der Waals surface area contributed by atoms with Crippen molar-refractivity contribution in [3.05, 3.63) is 0 Å². The number of likely N-dealkylation sites (N-methyl/N-ethyl adjacent to an activating group) is 1. The van der Waals surface area contributed by atoms with Crippen LogP contribution in [-0.4, -0.2) is 66.2 Å². The Morgan fingerprint density at radius 1 is 1.18 bits per heavy atom. The molecule has 2 unspecified atom stereocenters. The van der Waals surface area contributed by atoms with Gasteiger partial charge in [-0.25, -0.2) is 4.79 Å². The van der Waals surface area contributed by atoms with Crippen molar-refractivity contribution >= 4 is 12.0 Å². The molecule has 0 aromatic heterocycles. The lowest BCUT2D eigenvalue weighted by Gasteiger charge is -2.33. The van der Waals surface area contributed by atoms with Gasteiger partial charge in [-0.1, -0.05) is 0 Å². The first kappa shape index (κ1) is 13.8. The van der Waals surface area contributed by atoms with Crippen molar-refractivity contribution in [3.8, 4) is 0 Å². The zero-order valence-corrected chi connectivity index (χ0v) is 10.6. The SMILES string of the molecule is CC(NC(=O)N1CCN(C)CC1)C(C)C(=O)O. The summed E-state index contributed by atoms with van der Waals surface area (Å²) in [6.07, 6.45) is 0. The van der Waals surface area contributed by atoms with Crippen LogP contribution in [0.1, 0.15) is 13.8 Å². The van der Waals surface area contributed by atoms with Crippen molar-refractivity contribution in [1.29, 1.82) is 0 Å². The molecule has 1 saturated heterocycles. The molecule has 1 aliphatic rings. The second kappa shape index (κ2) is 5.86. The topological polar surface area (TPSA) is 72.9 Å². The smallest absolute Gasteiger partial charge is 0.317 e. The third kappa shape index (κ3) is 3.89. The molecule has 98 valence electrons. The summed E-state index contributed by atoms with van der Waals surface area (Å²) in [5, 5.41) is 11.6. The van der Waals surface area contributed by atoms with Crippen LogP contribution in [0, 0.1) is 5.92 Å². The van der Waals surface area contributed by atoms with Crippen LogP contribution in [0.5, 0.6) is 0 Å². The summed E-state index contributed by atoms with van der Waals surface area (Å²) in [5.41, 5.74) is 0. The largest absolute Gasteiger partial charge is 0.481 e. The van der Waals surface area contributed by atoms with Gasteiger partial charge in [0.1, 0.15) is 0 Å². The van der Waals surface area contributed by atoms with E-state index >= 15 is 0 Å². The van der Waals surface area contributed by atoms with Crippen LogP contribution < -0.4 is 5.32 Å². The van der Waals surface area contributed by atoms with Crippen LogP contribution in [0.3, 0.4) is 0 Å². The van der Waals surface area contributed by atoms with Crippen molar-refractivity contribution < 1.29 is 14.7 Å². The van der Waals surface area contributed by atoms with E-state index in [-0.39, 0.29) is 12.1 Å². The van der Waals surface area contributed by atoms with Gasteiger partial charge in [0.05, 0.1) is 5.92 Å². The number of carbonyl (C=O) groups is 2. The van der Waals surface area contributed by atoms with E-state index in [0.717, 1.165) is 13.1 Å². The molecule has 2 atom stereocenters. The number of hydrogen-bond donors (Lipinski definition) is 2. The number of carboxylic acids is 1. The van der Waals surface area contributed by atoms with Gasteiger partial charge in [0.25, 0.3) is 0 Å². The summed E-state index contributed by atoms with van der Waals surface area (Å²) in [5.74, 6) is -1.47. The summed E-state index contributed by atoms with van der Waals surface area (Å²) < 4.78 is 0. The number of amides is 2. The minimum absolute atomic E-state index is 0.168. The highest BCUT2D eigenvalue weighted by Crippen LogP contribution is 2.05. The number of nitrogens with one attached hydrogen (secondary N) is 1. The van der Waals surface area contributed by atoms with Crippen molar-refractivity contribution in [2.24, 2.45) is 5.92 Å². The lowest BCUT2D eigenvalue weighted by atomic mass is 10.0. The monoisotopic (exact) mass is 243 g/mol. The molecule has 17 heavy (non-hydrogen) atoms. The average molecular weight is 243 g/mol. The Morgan fingerprint density at radius 3 is 2.18 bits per heavy atom. The predicted octanol–water partition coefficient (Wildman–Crippen LogP) is 0.0526. The minimum Gasteiger partial charge on any atom is -0.481 e. The Hall–Kier alpha value is -1.30. The Morgan fingerprint density at radius 2 is 1.71 bits per heavy atom. The highest BCUT2D eigenvalue weighted by Gasteiger charge is 2.24. The summed E-state index contributed by atoms with van der Waals surface area (Å²) in [4.78, 5) is 26.5. The first-order valence-electron chi connectivity index (χ1n) is 5.88. The number of carboxylic acid groups (broad SMARTS) is 1. The van der Waals surface area contributed by atoms with E-state index in [2.05, 4.69) is 10.2 Å². The highest BCUT2D eigenvalue weighted by atomic mass is 16.4. The van der Waals surface area contributed by atoms with Crippen LogP contribution >= 0.6 is 0 Å². The summed E-state index contributed by atoms with van der Waals surface area (Å²) in [6, 6.07) is -0.529. The maximum atomic E-state index is 11.8. The lowest BCUT2D eigenvalue weighted by Crippen LogP contribution is -2.53. The first-order chi connectivity index (χ1) is 7.91. The van der Waals surface area contributed by atoms with E-state index in [1.165, 1.54) is 0 Å². The molecule has 0 aliphatic carbocycles. The Bertz CT molecular complexity index is 288. The zero-order chi connectivity index (χ0) is 13.0. The molecule has 2 amide bonds. The molecule has 1 heterocycles. The zero-order valence-electron chi connectivity index (χ0n) is 10.6. The van der Waals surface area contributed by atoms with Crippen LogP contribution in [0.4, 0.5) is 4.79 Å². The molecule has 1 rings (SSSR count). The average Bonchev–Trinajstić information content (AvgIpc) is 2.28. The number of hydrogen-bond acceptors (Lipinski definition) is 3. The molecule has 1 aliphatic heterocycles. The number of urea groups is 1. The number of piperazine rings is 1. The van der Waals surface area contributed by atoms with Crippen LogP contribution in [-0.2, 0) is 4.79 Å². The van der Waals surface area contributed by atoms with E-state index in [1.54, 1.807) is 18.7 Å². The molecular weight excluding hydrogens is 222 g/mol. The quantitative estimate of drug-likeness (QED) is 0.735. The molecule has 0 spiro atoms. The third-order valence-electron chi connectivity index (χ3n) is 3.28. The van der Waals surface area contributed by atoms with Gasteiger partial charge in [-0.2, -0.15) is 0 Å². The van der Waals surface area contributed by atoms with Gasteiger partial charge in [-0.3, -0.25) is 4.79 Å². The first-order valence-corrected chi connectivity index (χ1v) is 5.88. The standard InChI is InChI=1S/C11H21N3O3/c1-8(10(15)16)9(2)12-11(17)14-6-4-13(3)5-7-14/h8-9H,4-7H2,1-3H3,(H,12,17)(H,15,16). The molecule has 6 nitrogen and oxygen atoms in total. The fourth-order valence-corrected chi connectivity index (χ4v) is 1.63. The maximum absolute atomic E-state index is 11.8. The van der Waals surface area contributed by atoms with E-state index in [9.17, 15) is 9.59 Å². The van der Waals surface area contributed by atoms with Crippen molar-refractivity contribution in [2.75, 3.05) is 33.2 Å². The van der Waals surface area contributed by atoms with Gasteiger partial charge in [0.15, 0.2) is 0 Å². The number of rotatable bonds is 3. The van der Waals surface area contributed by atoms with E-state index in [1.807, 2.05) is 7.05 Å². The fourth-order valence-electron chi connectivity index (χ4n) is 1.63. The van der Waals surface area contributed by atoms with E-state index in [4.69, 9.17) is 5.11 Å². The van der Waals surface area contributed by atoms with Crippen molar-refractivity contribution in [2.45, 2.75) is 19.9 Å². The van der Waals surface area contributed by atoms with E-state index < -0.39 is 11.9 Å². The summed E-state index contributed by atoms with van der Waals surface area (Å²) in [7, 11) is 2.02. The number of carbonyl (C=O) groups excluding carboxylic acids is 1. The molecule has 0 bridgehead atoms. The molecule has 0 saturated carbocycles. The van der Waals surface area contributed by atoms with Gasteiger partial charge in [0, 0.05) is 32.2 Å². The second-order valence-electron chi connectivity index (χ2n) is 4.66. The van der Waals surface area contributed by atoms with Gasteiger partial charge >= 0.3 is 12.0 Å². The van der Waals surface area contributed by atoms with Crippen LogP contribution in [0.25, 0.3) is 0 Å². The normalized spacial score (nSPS) is 20.8. The van der Waals surface area contributed by atoms with Crippen molar-refractivity contribution in [1.82, 2.24) is 15.1 Å². The number of nitrogens with zero attached hydrogens (tertiary/aromatic N) is 2. The van der Waals surface area contributed by atoms with Gasteiger partial charge in [0.2, 0.25) is 0 Å². The number of aliphatic carboxylic acids is 1. The van der Waals surface area contributed by atoms with Gasteiger partial charge in [-0.05, 0) is 20.9 Å². The van der Waals surface area contributed by atoms with Crippen LogP contribution in [0.15, 0.2) is 0 Å². The van der Waals surface area contributed by atoms with Crippen molar-refractivity contribution in [3.63, 3.8) is 0 Å². The lowest BCUT2D eigenvalue weighted by molar-refractivity contribution is -0.141. The fraction of sp³-hybridized carbons (Fsp3) is 0.818. The van der Waals surface area contributed by atoms with Gasteiger partial charge < -0.3 is 20.2 Å². The van der Waals surface area contributed by atoms with Crippen LogP contribution in [0.2, 0.25) is 0 Å². The minimum atomic E-state index is -0.892. The maximum Gasteiger partial charge on any atom is 0.317 e. The second-order valence-corrected chi connectivity index (χ2v) is 4.66. The van der Waals surface area contributed by atoms with Gasteiger partial charge in [-0.15, -0.1) is 0 Å². The molecule has 0 radical (unpaired) electrons.